The summed E-state index contributed by atoms with van der Waals surface area (Å²) < 4.78 is 1.45. The van der Waals surface area contributed by atoms with Crippen molar-refractivity contribution in [2.45, 2.75) is 19.4 Å². The van der Waals surface area contributed by atoms with Gasteiger partial charge in [-0.1, -0.05) is 0 Å². The maximum atomic E-state index is 12.8. The molecule has 0 bridgehead atoms. The number of aromatic nitrogens is 5. The molecule has 0 saturated heterocycles. The molecule has 0 radical (unpaired) electrons. The Morgan fingerprint density at radius 1 is 1.22 bits per heavy atom. The number of carbonyl (C=O) groups is 3. The molecule has 3 rings (SSSR count). The molecule has 27 heavy (non-hydrogen) atoms. The smallest absolute Gasteiger partial charge is 0.287 e. The van der Waals surface area contributed by atoms with Gasteiger partial charge in [0.1, 0.15) is 17.6 Å². The third-order valence-corrected chi connectivity index (χ3v) is 3.87. The van der Waals surface area contributed by atoms with Crippen LogP contribution in [0.5, 0.6) is 0 Å². The highest BCUT2D eigenvalue weighted by molar-refractivity contribution is 6.38. The molecule has 0 aliphatic heterocycles. The van der Waals surface area contributed by atoms with Gasteiger partial charge in [0.15, 0.2) is 0 Å². The van der Waals surface area contributed by atoms with Crippen molar-refractivity contribution < 1.29 is 14.4 Å². The van der Waals surface area contributed by atoms with Gasteiger partial charge in [-0.25, -0.2) is 15.0 Å². The molecular formula is C17H17N7O3. The molecule has 10 nitrogen and oxygen atoms in total. The molecule has 0 fully saturated rings. The number of aryl methyl sites for hydroxylation is 1. The second kappa shape index (κ2) is 7.60. The lowest BCUT2D eigenvalue weighted by Crippen LogP contribution is -2.47. The van der Waals surface area contributed by atoms with Crippen LogP contribution in [0.15, 0.2) is 43.0 Å². The predicted octanol–water partition coefficient (Wildman–Crippen LogP) is -0.306. The molecule has 1 unspecified atom stereocenters. The number of Topliss-reactive ketones (excluding diaryl/α,β-unsaturated/α-hetero) is 1. The van der Waals surface area contributed by atoms with Crippen molar-refractivity contribution >= 4 is 17.6 Å². The van der Waals surface area contributed by atoms with Crippen molar-refractivity contribution in [3.05, 3.63) is 60.2 Å². The Bertz CT molecular complexity index is 964. The third-order valence-electron chi connectivity index (χ3n) is 3.87. The second-order valence-electron chi connectivity index (χ2n) is 5.73. The van der Waals surface area contributed by atoms with Crippen LogP contribution in [0.3, 0.4) is 0 Å². The first-order chi connectivity index (χ1) is 13.0. The molecule has 0 aliphatic carbocycles. The van der Waals surface area contributed by atoms with Gasteiger partial charge in [0.25, 0.3) is 11.8 Å². The lowest BCUT2D eigenvalue weighted by molar-refractivity contribution is -0.137. The van der Waals surface area contributed by atoms with Crippen molar-refractivity contribution in [2.24, 2.45) is 5.73 Å². The average molecular weight is 367 g/mol. The standard InChI is InChI=1S/C17H17N7O3/c1-10-22-9-13(24(10)17-20-6-3-7-21-17)16(27)23-12(14(25)15(18)26)8-11-4-2-5-19-11/h2-7,9,12,19H,8H2,1H3,(H2,18,26)(H,23,27). The van der Waals surface area contributed by atoms with Gasteiger partial charge in [0.05, 0.1) is 6.20 Å². The fraction of sp³-hybridized carbons (Fsp3) is 0.176. The van der Waals surface area contributed by atoms with E-state index in [2.05, 4.69) is 25.3 Å². The van der Waals surface area contributed by atoms with Crippen molar-refractivity contribution in [3.8, 4) is 5.95 Å². The summed E-state index contributed by atoms with van der Waals surface area (Å²) in [5.74, 6) is -1.86. The van der Waals surface area contributed by atoms with Gasteiger partial charge in [-0.3, -0.25) is 19.0 Å². The summed E-state index contributed by atoms with van der Waals surface area (Å²) in [6, 6.07) is 4.01. The van der Waals surface area contributed by atoms with Gasteiger partial charge in [-0.15, -0.1) is 0 Å². The number of primary amides is 1. The van der Waals surface area contributed by atoms with Crippen LogP contribution < -0.4 is 11.1 Å². The Labute approximate surface area is 153 Å². The number of hydrogen-bond acceptors (Lipinski definition) is 6. The molecule has 3 aromatic heterocycles. The summed E-state index contributed by atoms with van der Waals surface area (Å²) >= 11 is 0. The summed E-state index contributed by atoms with van der Waals surface area (Å²) in [5.41, 5.74) is 5.92. The summed E-state index contributed by atoms with van der Waals surface area (Å²) in [7, 11) is 0. The van der Waals surface area contributed by atoms with E-state index in [1.165, 1.54) is 23.2 Å². The summed E-state index contributed by atoms with van der Waals surface area (Å²) in [4.78, 5) is 51.5. The van der Waals surface area contributed by atoms with Crippen LogP contribution >= 0.6 is 0 Å². The van der Waals surface area contributed by atoms with Crippen LogP contribution in [-0.2, 0) is 16.0 Å². The molecule has 1 atom stereocenters. The monoisotopic (exact) mass is 367 g/mol. The van der Waals surface area contributed by atoms with Gasteiger partial charge in [0, 0.05) is 30.7 Å². The van der Waals surface area contributed by atoms with Crippen LogP contribution in [0.1, 0.15) is 22.0 Å². The number of amides is 2. The minimum atomic E-state index is -1.12. The Hall–Kier alpha value is -3.82. The highest BCUT2D eigenvalue weighted by Gasteiger charge is 2.28. The summed E-state index contributed by atoms with van der Waals surface area (Å²) in [6.45, 7) is 1.69. The van der Waals surface area contributed by atoms with Crippen molar-refractivity contribution in [1.29, 1.82) is 0 Å². The van der Waals surface area contributed by atoms with E-state index in [1.807, 2.05) is 0 Å². The predicted molar refractivity (Wildman–Crippen MR) is 93.8 cm³/mol. The number of nitrogens with one attached hydrogen (secondary N) is 2. The van der Waals surface area contributed by atoms with E-state index in [0.717, 1.165) is 0 Å². The molecule has 0 aliphatic rings. The van der Waals surface area contributed by atoms with E-state index in [-0.39, 0.29) is 18.1 Å². The van der Waals surface area contributed by atoms with E-state index < -0.39 is 23.6 Å². The van der Waals surface area contributed by atoms with Crippen LogP contribution in [0, 0.1) is 6.92 Å². The first-order valence-electron chi connectivity index (χ1n) is 8.06. The largest absolute Gasteiger partial charge is 0.365 e. The van der Waals surface area contributed by atoms with E-state index in [4.69, 9.17) is 5.73 Å². The van der Waals surface area contributed by atoms with Crippen molar-refractivity contribution in [2.75, 3.05) is 0 Å². The van der Waals surface area contributed by atoms with Crippen molar-refractivity contribution in [1.82, 2.24) is 29.8 Å². The second-order valence-corrected chi connectivity index (χ2v) is 5.73. The van der Waals surface area contributed by atoms with Crippen LogP contribution in [0.2, 0.25) is 0 Å². The normalized spacial score (nSPS) is 11.7. The number of nitrogens with zero attached hydrogens (tertiary/aromatic N) is 4. The number of carbonyl (C=O) groups excluding carboxylic acids is 3. The molecule has 3 heterocycles. The summed E-state index contributed by atoms with van der Waals surface area (Å²) in [5, 5.41) is 2.55. The zero-order valence-electron chi connectivity index (χ0n) is 14.4. The highest BCUT2D eigenvalue weighted by atomic mass is 16.2. The van der Waals surface area contributed by atoms with Crippen molar-refractivity contribution in [3.63, 3.8) is 0 Å². The van der Waals surface area contributed by atoms with Crippen LogP contribution in [0.25, 0.3) is 5.95 Å². The minimum absolute atomic E-state index is 0.0927. The fourth-order valence-corrected chi connectivity index (χ4v) is 2.59. The van der Waals surface area contributed by atoms with Gasteiger partial charge in [-0.05, 0) is 25.1 Å². The third kappa shape index (κ3) is 3.89. The maximum absolute atomic E-state index is 12.8. The van der Waals surface area contributed by atoms with E-state index in [1.54, 1.807) is 31.3 Å². The minimum Gasteiger partial charge on any atom is -0.365 e. The van der Waals surface area contributed by atoms with E-state index >= 15 is 0 Å². The Balaban J connectivity index is 1.88. The number of ketones is 1. The van der Waals surface area contributed by atoms with Gasteiger partial charge in [-0.2, -0.15) is 0 Å². The highest BCUT2D eigenvalue weighted by Crippen LogP contribution is 2.11. The molecule has 138 valence electrons. The molecule has 3 aromatic rings. The number of aromatic amines is 1. The zero-order chi connectivity index (χ0) is 19.4. The fourth-order valence-electron chi connectivity index (χ4n) is 2.59. The van der Waals surface area contributed by atoms with E-state index in [0.29, 0.717) is 11.5 Å². The maximum Gasteiger partial charge on any atom is 0.287 e. The Morgan fingerprint density at radius 2 is 1.96 bits per heavy atom. The molecular weight excluding hydrogens is 350 g/mol. The number of nitrogens with two attached hydrogens (primary N) is 1. The van der Waals surface area contributed by atoms with Crippen LogP contribution in [-0.4, -0.2) is 48.1 Å². The molecule has 10 heteroatoms. The van der Waals surface area contributed by atoms with Crippen LogP contribution in [0.4, 0.5) is 0 Å². The average Bonchev–Trinajstić information content (AvgIpc) is 3.30. The number of imidazole rings is 1. The number of H-pyrrole nitrogens is 1. The molecule has 4 N–H and O–H groups in total. The Morgan fingerprint density at radius 3 is 2.59 bits per heavy atom. The molecule has 0 saturated carbocycles. The SMILES string of the molecule is Cc1ncc(C(=O)NC(Cc2ccc[nH]2)C(=O)C(N)=O)n1-c1ncccn1. The molecule has 0 spiro atoms. The first kappa shape index (κ1) is 18.0. The number of rotatable bonds is 7. The van der Waals surface area contributed by atoms with E-state index in [9.17, 15) is 14.4 Å². The molecule has 0 aromatic carbocycles. The summed E-state index contributed by atoms with van der Waals surface area (Å²) in [6.07, 6.45) is 6.19. The number of hydrogen-bond donors (Lipinski definition) is 3. The Kier molecular flexibility index (Phi) is 5.06. The van der Waals surface area contributed by atoms with Gasteiger partial charge < -0.3 is 16.0 Å². The zero-order valence-corrected chi connectivity index (χ0v) is 14.4. The molecule has 2 amide bonds. The lowest BCUT2D eigenvalue weighted by atomic mass is 10.1. The van der Waals surface area contributed by atoms with Gasteiger partial charge >= 0.3 is 0 Å². The van der Waals surface area contributed by atoms with Gasteiger partial charge in [0.2, 0.25) is 11.7 Å². The first-order valence-corrected chi connectivity index (χ1v) is 8.06. The quantitative estimate of drug-likeness (QED) is 0.488. The topological polar surface area (TPSA) is 149 Å². The lowest BCUT2D eigenvalue weighted by Gasteiger charge is -2.16.